The monoisotopic (exact) mass is 641 g/mol. The van der Waals surface area contributed by atoms with Crippen LogP contribution in [0, 0.1) is 13.8 Å². The molecule has 0 unspecified atom stereocenters. The van der Waals surface area contributed by atoms with E-state index in [9.17, 15) is 18.0 Å². The maximum absolute atomic E-state index is 14.5. The van der Waals surface area contributed by atoms with Gasteiger partial charge in [0.05, 0.1) is 23.3 Å². The fourth-order valence-corrected chi connectivity index (χ4v) is 5.42. The zero-order valence-electron chi connectivity index (χ0n) is 27.8. The number of amides is 1. The minimum Gasteiger partial charge on any atom is -0.306 e. The molecule has 0 fully saturated rings. The predicted molar refractivity (Wildman–Crippen MR) is 178 cm³/mol. The Kier molecular flexibility index (Phi) is 8.70. The quantitative estimate of drug-likeness (QED) is 0.185. The maximum Gasteiger partial charge on any atom is 0.416 e. The molecule has 5 aromatic rings. The average molecular weight is 642 g/mol. The summed E-state index contributed by atoms with van der Waals surface area (Å²) in [6, 6.07) is 14.5. The van der Waals surface area contributed by atoms with Crippen molar-refractivity contribution in [2.24, 2.45) is 0 Å². The predicted octanol–water partition coefficient (Wildman–Crippen LogP) is 8.74. The summed E-state index contributed by atoms with van der Waals surface area (Å²) >= 11 is 0. The smallest absolute Gasteiger partial charge is 0.306 e. The highest BCUT2D eigenvalue weighted by Gasteiger charge is 2.36. The third-order valence-electron chi connectivity index (χ3n) is 7.54. The van der Waals surface area contributed by atoms with Crippen molar-refractivity contribution in [1.29, 1.82) is 0 Å². The van der Waals surface area contributed by atoms with Gasteiger partial charge in [-0.25, -0.2) is 15.0 Å². The molecule has 0 aliphatic heterocycles. The Morgan fingerprint density at radius 1 is 0.851 bits per heavy atom. The number of imidazole rings is 1. The van der Waals surface area contributed by atoms with Crippen LogP contribution in [0.1, 0.15) is 68.7 Å². The number of aryl methyl sites for hydroxylation is 2. The van der Waals surface area contributed by atoms with Crippen LogP contribution >= 0.6 is 0 Å². The van der Waals surface area contributed by atoms with Crippen molar-refractivity contribution in [2.75, 3.05) is 9.80 Å². The minimum atomic E-state index is -4.64. The number of carbonyl (C=O) groups excluding carboxylic acids is 1. The number of pyridine rings is 1. The van der Waals surface area contributed by atoms with Gasteiger partial charge in [0.1, 0.15) is 0 Å². The molecule has 0 atom stereocenters. The van der Waals surface area contributed by atoms with Gasteiger partial charge in [-0.05, 0) is 109 Å². The van der Waals surface area contributed by atoms with Crippen molar-refractivity contribution in [2.45, 2.75) is 72.6 Å². The molecule has 1 amide bonds. The van der Waals surface area contributed by atoms with E-state index in [1.807, 2.05) is 56.9 Å². The van der Waals surface area contributed by atoms with E-state index in [1.165, 1.54) is 15.8 Å². The first-order valence-electron chi connectivity index (χ1n) is 15.2. The summed E-state index contributed by atoms with van der Waals surface area (Å²) in [5.41, 5.74) is 2.11. The normalized spacial score (nSPS) is 12.2. The third kappa shape index (κ3) is 7.19. The molecule has 0 spiro atoms. The molecule has 47 heavy (non-hydrogen) atoms. The van der Waals surface area contributed by atoms with Crippen LogP contribution < -0.4 is 9.80 Å². The Bertz CT molecular complexity index is 1900. The number of hydrogen-bond donors (Lipinski definition) is 0. The second kappa shape index (κ2) is 12.3. The third-order valence-corrected chi connectivity index (χ3v) is 7.54. The van der Waals surface area contributed by atoms with E-state index in [0.717, 1.165) is 23.3 Å². The molecular weight excluding hydrogens is 603 g/mol. The second-order valence-corrected chi connectivity index (χ2v) is 13.5. The lowest BCUT2D eigenvalue weighted by molar-refractivity contribution is -0.137. The number of nitrogens with zero attached hydrogens (tertiary/aromatic N) is 7. The zero-order chi connectivity index (χ0) is 34.3. The molecule has 3 heterocycles. The van der Waals surface area contributed by atoms with Crippen LogP contribution in [0.5, 0.6) is 0 Å². The van der Waals surface area contributed by atoms with E-state index in [2.05, 4.69) is 15.0 Å². The lowest BCUT2D eigenvalue weighted by Crippen LogP contribution is -2.46. The van der Waals surface area contributed by atoms with Crippen molar-refractivity contribution in [3.05, 3.63) is 108 Å². The Labute approximate surface area is 273 Å². The molecule has 0 bridgehead atoms. The first-order chi connectivity index (χ1) is 21.9. The van der Waals surface area contributed by atoms with Gasteiger partial charge in [0.2, 0.25) is 5.95 Å². The molecule has 0 saturated carbocycles. The number of alkyl halides is 3. The fourth-order valence-electron chi connectivity index (χ4n) is 5.42. The molecule has 0 aliphatic carbocycles. The van der Waals surface area contributed by atoms with Crippen molar-refractivity contribution in [3.63, 3.8) is 0 Å². The van der Waals surface area contributed by atoms with E-state index in [1.54, 1.807) is 70.7 Å². The van der Waals surface area contributed by atoms with Crippen LogP contribution in [-0.4, -0.2) is 41.5 Å². The number of anilines is 3. The summed E-state index contributed by atoms with van der Waals surface area (Å²) in [7, 11) is 0. The van der Waals surface area contributed by atoms with Crippen molar-refractivity contribution < 1.29 is 18.0 Å². The van der Waals surface area contributed by atoms with E-state index in [0.29, 0.717) is 28.6 Å². The Hall–Kier alpha value is -5.06. The number of halogens is 3. The molecule has 244 valence electrons. The SMILES string of the molecule is Cc1cn(-c2cc(N(C(=O)c3ccc(C)c(N(c4nccc(-c5cccnc5)n4)C(C)(C)C)c3)C(C)(C)C)cc(C(F)(F)F)c2)cn1. The first kappa shape index (κ1) is 33.3. The maximum atomic E-state index is 14.5. The number of carbonyl (C=O) groups is 1. The molecule has 3 aromatic heterocycles. The van der Waals surface area contributed by atoms with Crippen LogP contribution in [0.2, 0.25) is 0 Å². The van der Waals surface area contributed by atoms with Crippen LogP contribution in [-0.2, 0) is 6.18 Å². The summed E-state index contributed by atoms with van der Waals surface area (Å²) in [4.78, 5) is 35.7. The van der Waals surface area contributed by atoms with E-state index in [-0.39, 0.29) is 11.4 Å². The van der Waals surface area contributed by atoms with Crippen LogP contribution in [0.4, 0.5) is 30.5 Å². The van der Waals surface area contributed by atoms with Gasteiger partial charge in [0.25, 0.3) is 5.91 Å². The second-order valence-electron chi connectivity index (χ2n) is 13.5. The van der Waals surface area contributed by atoms with Gasteiger partial charge >= 0.3 is 6.18 Å². The van der Waals surface area contributed by atoms with E-state index < -0.39 is 28.7 Å². The average Bonchev–Trinajstić information content (AvgIpc) is 3.43. The van der Waals surface area contributed by atoms with Crippen molar-refractivity contribution >= 4 is 23.2 Å². The van der Waals surface area contributed by atoms with Crippen LogP contribution in [0.3, 0.4) is 0 Å². The highest BCUT2D eigenvalue weighted by Crippen LogP contribution is 2.38. The molecule has 0 saturated heterocycles. The summed E-state index contributed by atoms with van der Waals surface area (Å²) in [5.74, 6) is -0.0258. The lowest BCUT2D eigenvalue weighted by Gasteiger charge is -2.38. The molecule has 0 radical (unpaired) electrons. The van der Waals surface area contributed by atoms with Crippen molar-refractivity contribution in [1.82, 2.24) is 24.5 Å². The fraction of sp³-hybridized carbons (Fsp3) is 0.306. The largest absolute Gasteiger partial charge is 0.416 e. The molecule has 8 nitrogen and oxygen atoms in total. The Balaban J connectivity index is 1.63. The molecular formula is C36H38F3N7O. The van der Waals surface area contributed by atoms with Gasteiger partial charge in [0.15, 0.2) is 0 Å². The van der Waals surface area contributed by atoms with Crippen LogP contribution in [0.15, 0.2) is 85.7 Å². The summed E-state index contributed by atoms with van der Waals surface area (Å²) < 4.78 is 44.1. The van der Waals surface area contributed by atoms with Gasteiger partial charge < -0.3 is 14.4 Å². The van der Waals surface area contributed by atoms with Gasteiger partial charge in [0, 0.05) is 64.1 Å². The number of rotatable bonds is 6. The summed E-state index contributed by atoms with van der Waals surface area (Å²) in [6.07, 6.45) is 3.56. The molecule has 11 heteroatoms. The Morgan fingerprint density at radius 3 is 2.19 bits per heavy atom. The lowest BCUT2D eigenvalue weighted by atomic mass is 9.98. The highest BCUT2D eigenvalue weighted by molar-refractivity contribution is 6.08. The van der Waals surface area contributed by atoms with Crippen LogP contribution in [0.25, 0.3) is 16.9 Å². The molecule has 0 aliphatic rings. The topological polar surface area (TPSA) is 80.0 Å². The standard InChI is InChI=1S/C36H38F3N7O/c1-23-11-12-25(16-31(23)46(35(6,7)8)33-41-15-13-30(43-33)26-10-9-14-40-20-26)32(47)45(34(3,4)5)29-18-27(36(37,38)39)17-28(19-29)44-21-24(2)42-22-44/h9-22H,1-8H3. The van der Waals surface area contributed by atoms with Gasteiger partial charge in [-0.3, -0.25) is 9.78 Å². The number of hydrogen-bond acceptors (Lipinski definition) is 6. The minimum absolute atomic E-state index is 0.112. The molecule has 5 rings (SSSR count). The van der Waals surface area contributed by atoms with E-state index >= 15 is 0 Å². The number of benzene rings is 2. The first-order valence-corrected chi connectivity index (χ1v) is 15.2. The Morgan fingerprint density at radius 2 is 1.60 bits per heavy atom. The molecule has 0 N–H and O–H groups in total. The van der Waals surface area contributed by atoms with Gasteiger partial charge in [-0.15, -0.1) is 0 Å². The van der Waals surface area contributed by atoms with Gasteiger partial charge in [-0.1, -0.05) is 6.07 Å². The summed E-state index contributed by atoms with van der Waals surface area (Å²) in [6.45, 7) is 15.1. The highest BCUT2D eigenvalue weighted by atomic mass is 19.4. The van der Waals surface area contributed by atoms with E-state index in [4.69, 9.17) is 4.98 Å². The molecule has 2 aromatic carbocycles. The number of aromatic nitrogens is 5. The summed E-state index contributed by atoms with van der Waals surface area (Å²) in [5, 5.41) is 0. The van der Waals surface area contributed by atoms with Gasteiger partial charge in [-0.2, -0.15) is 13.2 Å². The zero-order valence-corrected chi connectivity index (χ0v) is 27.8. The van der Waals surface area contributed by atoms with Crippen molar-refractivity contribution in [3.8, 4) is 16.9 Å².